The van der Waals surface area contributed by atoms with Crippen molar-refractivity contribution in [1.82, 2.24) is 0 Å². The van der Waals surface area contributed by atoms with Gasteiger partial charge in [-0.15, -0.1) is 11.8 Å². The van der Waals surface area contributed by atoms with Crippen LogP contribution in [0.3, 0.4) is 0 Å². The number of rotatable bonds is 2. The van der Waals surface area contributed by atoms with E-state index in [2.05, 4.69) is 0 Å². The summed E-state index contributed by atoms with van der Waals surface area (Å²) in [5, 5.41) is 9.26. The number of ether oxygens (including phenoxy) is 1. The average Bonchev–Trinajstić information content (AvgIpc) is 2.37. The van der Waals surface area contributed by atoms with E-state index in [-0.39, 0.29) is 18.0 Å². The molecule has 1 aliphatic rings. The first-order valence-corrected chi connectivity index (χ1v) is 6.45. The molecule has 1 N–H and O–H groups in total. The van der Waals surface area contributed by atoms with E-state index in [4.69, 9.17) is 4.74 Å². The molecular weight excluding hydrogens is 238 g/mol. The van der Waals surface area contributed by atoms with Crippen LogP contribution in [0.15, 0.2) is 29.2 Å². The van der Waals surface area contributed by atoms with Crippen LogP contribution in [-0.4, -0.2) is 36.2 Å². The van der Waals surface area contributed by atoms with Crippen molar-refractivity contribution < 1.29 is 14.6 Å². The van der Waals surface area contributed by atoms with E-state index in [1.165, 1.54) is 0 Å². The van der Waals surface area contributed by atoms with Gasteiger partial charge in [0.15, 0.2) is 0 Å². The topological polar surface area (TPSA) is 49.8 Å². The molecule has 5 heteroatoms. The van der Waals surface area contributed by atoms with Gasteiger partial charge in [-0.3, -0.25) is 4.90 Å². The number of benzene rings is 1. The molecule has 1 aromatic carbocycles. The molecule has 4 nitrogen and oxygen atoms in total. The maximum Gasteiger partial charge on any atom is 0.414 e. The van der Waals surface area contributed by atoms with E-state index in [0.29, 0.717) is 13.2 Å². The number of carbonyl (C=O) groups is 1. The number of hydrogen-bond donors (Lipinski definition) is 1. The van der Waals surface area contributed by atoms with Crippen molar-refractivity contribution in [2.45, 2.75) is 17.1 Å². The Hall–Kier alpha value is -1.20. The third-order valence-corrected chi connectivity index (χ3v) is 3.76. The number of nitrogens with zero attached hydrogens (tertiary/aromatic N) is 1. The Morgan fingerprint density at radius 2 is 2.35 bits per heavy atom. The number of anilines is 1. The monoisotopic (exact) mass is 253 g/mol. The number of aliphatic hydroxyl groups is 1. The lowest BCUT2D eigenvalue weighted by Crippen LogP contribution is -2.41. The molecule has 0 aromatic heterocycles. The Kier molecular flexibility index (Phi) is 3.91. The fourth-order valence-electron chi connectivity index (χ4n) is 1.77. The van der Waals surface area contributed by atoms with Gasteiger partial charge in [0.05, 0.1) is 24.2 Å². The maximum absolute atomic E-state index is 11.8. The van der Waals surface area contributed by atoms with Crippen molar-refractivity contribution in [3.63, 3.8) is 0 Å². The van der Waals surface area contributed by atoms with Crippen LogP contribution in [0, 0.1) is 0 Å². The first kappa shape index (κ1) is 12.3. The van der Waals surface area contributed by atoms with Crippen LogP contribution >= 0.6 is 11.8 Å². The predicted octanol–water partition coefficient (Wildman–Crippen LogP) is 2.12. The standard InChI is InChI=1S/C12H15NO3S/c1-2-16-12(15)13-7-9(8-14)17-11-6-4-3-5-10(11)13/h3-6,9,14H,2,7-8H2,1H3. The SMILES string of the molecule is CCOC(=O)N1CC(CO)Sc2ccccc21. The molecule has 0 bridgehead atoms. The van der Waals surface area contributed by atoms with Gasteiger partial charge in [0.1, 0.15) is 0 Å². The Bertz CT molecular complexity index is 410. The summed E-state index contributed by atoms with van der Waals surface area (Å²) in [6.07, 6.45) is -0.348. The van der Waals surface area contributed by atoms with Crippen molar-refractivity contribution >= 4 is 23.5 Å². The molecule has 0 fully saturated rings. The fourth-order valence-corrected chi connectivity index (χ4v) is 2.88. The number of thioether (sulfide) groups is 1. The molecule has 1 atom stereocenters. The smallest absolute Gasteiger partial charge is 0.414 e. The fraction of sp³-hybridized carbons (Fsp3) is 0.417. The first-order chi connectivity index (χ1) is 8.26. The van der Waals surface area contributed by atoms with Gasteiger partial charge in [0, 0.05) is 11.4 Å². The first-order valence-electron chi connectivity index (χ1n) is 5.57. The quantitative estimate of drug-likeness (QED) is 0.877. The van der Waals surface area contributed by atoms with Crippen molar-refractivity contribution in [3.05, 3.63) is 24.3 Å². The second-order valence-corrected chi connectivity index (χ2v) is 5.04. The van der Waals surface area contributed by atoms with Crippen LogP contribution in [0.1, 0.15) is 6.92 Å². The molecule has 17 heavy (non-hydrogen) atoms. The minimum Gasteiger partial charge on any atom is -0.449 e. The van der Waals surface area contributed by atoms with Gasteiger partial charge >= 0.3 is 6.09 Å². The number of hydrogen-bond acceptors (Lipinski definition) is 4. The number of fused-ring (bicyclic) bond motifs is 1. The zero-order valence-corrected chi connectivity index (χ0v) is 10.4. The Balaban J connectivity index is 2.29. The predicted molar refractivity (Wildman–Crippen MR) is 67.5 cm³/mol. The van der Waals surface area contributed by atoms with Crippen LogP contribution in [0.2, 0.25) is 0 Å². The van der Waals surface area contributed by atoms with Gasteiger partial charge < -0.3 is 9.84 Å². The molecule has 0 radical (unpaired) electrons. The lowest BCUT2D eigenvalue weighted by atomic mass is 10.2. The molecule has 1 aromatic rings. The zero-order valence-electron chi connectivity index (χ0n) is 9.63. The van der Waals surface area contributed by atoms with E-state index in [1.54, 1.807) is 23.6 Å². The van der Waals surface area contributed by atoms with Gasteiger partial charge in [-0.05, 0) is 19.1 Å². The van der Waals surface area contributed by atoms with Crippen molar-refractivity contribution in [2.75, 3.05) is 24.7 Å². The highest BCUT2D eigenvalue weighted by atomic mass is 32.2. The summed E-state index contributed by atoms with van der Waals surface area (Å²) in [5.41, 5.74) is 0.862. The summed E-state index contributed by atoms with van der Waals surface area (Å²) in [6, 6.07) is 7.67. The number of carbonyl (C=O) groups excluding carboxylic acids is 1. The van der Waals surface area contributed by atoms with E-state index in [9.17, 15) is 9.90 Å². The van der Waals surface area contributed by atoms with E-state index in [0.717, 1.165) is 10.6 Å². The number of para-hydroxylation sites is 1. The van der Waals surface area contributed by atoms with Crippen LogP contribution in [0.5, 0.6) is 0 Å². The summed E-state index contributed by atoms with van der Waals surface area (Å²) in [7, 11) is 0. The Labute approximate surface area is 105 Å². The molecule has 92 valence electrons. The minimum absolute atomic E-state index is 0.00862. The van der Waals surface area contributed by atoms with Gasteiger partial charge in [-0.1, -0.05) is 12.1 Å². The Morgan fingerprint density at radius 1 is 1.59 bits per heavy atom. The summed E-state index contributed by atoms with van der Waals surface area (Å²) in [5.74, 6) is 0. The van der Waals surface area contributed by atoms with Gasteiger partial charge in [0.25, 0.3) is 0 Å². The van der Waals surface area contributed by atoms with Crippen LogP contribution in [0.25, 0.3) is 0 Å². The number of aliphatic hydroxyl groups excluding tert-OH is 1. The highest BCUT2D eigenvalue weighted by molar-refractivity contribution is 8.00. The van der Waals surface area contributed by atoms with Crippen molar-refractivity contribution in [1.29, 1.82) is 0 Å². The highest BCUT2D eigenvalue weighted by Gasteiger charge is 2.29. The van der Waals surface area contributed by atoms with Crippen LogP contribution < -0.4 is 4.90 Å². The van der Waals surface area contributed by atoms with E-state index in [1.807, 2.05) is 24.3 Å². The van der Waals surface area contributed by atoms with E-state index < -0.39 is 0 Å². The third kappa shape index (κ3) is 2.56. The van der Waals surface area contributed by atoms with Crippen LogP contribution in [-0.2, 0) is 4.74 Å². The van der Waals surface area contributed by atoms with Crippen molar-refractivity contribution in [2.24, 2.45) is 0 Å². The zero-order chi connectivity index (χ0) is 12.3. The Morgan fingerprint density at radius 3 is 3.06 bits per heavy atom. The average molecular weight is 253 g/mol. The van der Waals surface area contributed by atoms with Crippen LogP contribution in [0.4, 0.5) is 10.5 Å². The molecule has 1 unspecified atom stereocenters. The maximum atomic E-state index is 11.8. The minimum atomic E-state index is -0.348. The van der Waals surface area contributed by atoms with Crippen molar-refractivity contribution in [3.8, 4) is 0 Å². The molecule has 1 aliphatic heterocycles. The molecule has 0 saturated carbocycles. The number of amides is 1. The highest BCUT2D eigenvalue weighted by Crippen LogP contribution is 2.38. The lowest BCUT2D eigenvalue weighted by molar-refractivity contribution is 0.159. The largest absolute Gasteiger partial charge is 0.449 e. The van der Waals surface area contributed by atoms with Gasteiger partial charge in [-0.2, -0.15) is 0 Å². The molecule has 2 rings (SSSR count). The molecule has 1 amide bonds. The molecule has 0 aliphatic carbocycles. The molecule has 0 spiro atoms. The summed E-state index contributed by atoms with van der Waals surface area (Å²) >= 11 is 1.60. The normalized spacial score (nSPS) is 18.7. The lowest BCUT2D eigenvalue weighted by Gasteiger charge is -2.32. The second-order valence-electron chi connectivity index (χ2n) is 3.70. The second kappa shape index (κ2) is 5.42. The van der Waals surface area contributed by atoms with Gasteiger partial charge in [-0.25, -0.2) is 4.79 Å². The summed E-state index contributed by atoms with van der Waals surface area (Å²) < 4.78 is 5.03. The summed E-state index contributed by atoms with van der Waals surface area (Å²) in [4.78, 5) is 14.4. The van der Waals surface area contributed by atoms with E-state index >= 15 is 0 Å². The molecule has 1 heterocycles. The van der Waals surface area contributed by atoms with Gasteiger partial charge in [0.2, 0.25) is 0 Å². The summed E-state index contributed by atoms with van der Waals surface area (Å²) in [6.45, 7) is 2.67. The molecule has 0 saturated heterocycles. The third-order valence-electron chi connectivity index (χ3n) is 2.53. The molecular formula is C12H15NO3S.